The molecule has 0 saturated carbocycles. The van der Waals surface area contributed by atoms with Gasteiger partial charge in [0.15, 0.2) is 0 Å². The highest BCUT2D eigenvalue weighted by Gasteiger charge is 2.33. The molecule has 2 nitrogen and oxygen atoms in total. The monoisotopic (exact) mass is 178 g/mol. The maximum Gasteiger partial charge on any atom is 0.0224 e. The fraction of sp³-hybridized carbons (Fsp3) is 0.727. The summed E-state index contributed by atoms with van der Waals surface area (Å²) in [7, 11) is 0. The lowest BCUT2D eigenvalue weighted by Gasteiger charge is -2.38. The smallest absolute Gasteiger partial charge is 0.0224 e. The molecule has 2 heteroatoms. The highest BCUT2D eigenvalue weighted by Crippen LogP contribution is 2.31. The Morgan fingerprint density at radius 3 is 3.00 bits per heavy atom. The predicted octanol–water partition coefficient (Wildman–Crippen LogP) is 2.12. The molecule has 2 heterocycles. The van der Waals surface area contributed by atoms with Gasteiger partial charge in [-0.05, 0) is 25.8 Å². The number of hydrogen-bond donors (Lipinski definition) is 1. The standard InChI is InChI=1S/C11H18N2/c1-11(6-4-7-12-9-11)10-5-2-3-8-13-10/h4,7,9-10,13H,2-3,5-6,8H2,1H3/t10-,11?/m0/s1. The summed E-state index contributed by atoms with van der Waals surface area (Å²) in [6, 6.07) is 0.634. The second kappa shape index (κ2) is 3.62. The molecule has 0 amide bonds. The Hall–Kier alpha value is -0.630. The van der Waals surface area contributed by atoms with Gasteiger partial charge in [-0.3, -0.25) is 4.99 Å². The Morgan fingerprint density at radius 2 is 2.38 bits per heavy atom. The number of nitrogens with zero attached hydrogens (tertiary/aromatic N) is 1. The van der Waals surface area contributed by atoms with Crippen LogP contribution in [0.15, 0.2) is 17.3 Å². The van der Waals surface area contributed by atoms with Crippen molar-refractivity contribution in [3.05, 3.63) is 12.3 Å². The second-order valence-electron chi connectivity index (χ2n) is 4.38. The summed E-state index contributed by atoms with van der Waals surface area (Å²) in [4.78, 5) is 4.26. The van der Waals surface area contributed by atoms with Gasteiger partial charge in [-0.25, -0.2) is 0 Å². The van der Waals surface area contributed by atoms with Crippen LogP contribution < -0.4 is 5.32 Å². The minimum absolute atomic E-state index is 0.259. The molecular weight excluding hydrogens is 160 g/mol. The van der Waals surface area contributed by atoms with E-state index in [1.54, 1.807) is 0 Å². The minimum atomic E-state index is 0.259. The molecule has 0 bridgehead atoms. The molecule has 0 aromatic rings. The van der Waals surface area contributed by atoms with Gasteiger partial charge in [-0.2, -0.15) is 0 Å². The van der Waals surface area contributed by atoms with E-state index in [0.29, 0.717) is 6.04 Å². The maximum atomic E-state index is 4.26. The van der Waals surface area contributed by atoms with Crippen LogP contribution in [0.5, 0.6) is 0 Å². The molecule has 1 unspecified atom stereocenters. The Bertz CT molecular complexity index is 226. The molecule has 0 aromatic heterocycles. The number of nitrogens with one attached hydrogen (secondary N) is 1. The molecule has 1 N–H and O–H groups in total. The Kier molecular flexibility index (Phi) is 2.49. The van der Waals surface area contributed by atoms with E-state index in [4.69, 9.17) is 0 Å². The zero-order chi connectivity index (χ0) is 9.15. The summed E-state index contributed by atoms with van der Waals surface area (Å²) in [5.41, 5.74) is 0.259. The van der Waals surface area contributed by atoms with E-state index in [0.717, 1.165) is 6.42 Å². The Morgan fingerprint density at radius 1 is 1.46 bits per heavy atom. The zero-order valence-corrected chi connectivity index (χ0v) is 8.29. The first-order valence-corrected chi connectivity index (χ1v) is 5.24. The quantitative estimate of drug-likeness (QED) is 0.653. The number of allylic oxidation sites excluding steroid dienone is 1. The molecule has 13 heavy (non-hydrogen) atoms. The number of aliphatic imine (C=N–C) groups is 1. The first-order valence-electron chi connectivity index (χ1n) is 5.24. The fourth-order valence-electron chi connectivity index (χ4n) is 2.28. The average molecular weight is 178 g/mol. The molecule has 1 fully saturated rings. The van der Waals surface area contributed by atoms with E-state index >= 15 is 0 Å². The molecule has 1 saturated heterocycles. The summed E-state index contributed by atoms with van der Waals surface area (Å²) >= 11 is 0. The highest BCUT2D eigenvalue weighted by atomic mass is 14.9. The van der Waals surface area contributed by atoms with Gasteiger partial charge in [0, 0.05) is 23.9 Å². The van der Waals surface area contributed by atoms with Crippen LogP contribution in [0, 0.1) is 5.41 Å². The third-order valence-corrected chi connectivity index (χ3v) is 3.22. The minimum Gasteiger partial charge on any atom is -0.313 e. The van der Waals surface area contributed by atoms with Crippen molar-refractivity contribution >= 4 is 6.21 Å². The third kappa shape index (κ3) is 1.83. The van der Waals surface area contributed by atoms with Crippen LogP contribution in [-0.4, -0.2) is 18.8 Å². The summed E-state index contributed by atoms with van der Waals surface area (Å²) < 4.78 is 0. The maximum absolute atomic E-state index is 4.26. The van der Waals surface area contributed by atoms with Gasteiger partial charge in [0.25, 0.3) is 0 Å². The molecule has 0 radical (unpaired) electrons. The number of rotatable bonds is 1. The molecule has 2 aliphatic heterocycles. The third-order valence-electron chi connectivity index (χ3n) is 3.22. The fourth-order valence-corrected chi connectivity index (χ4v) is 2.28. The van der Waals surface area contributed by atoms with Crippen LogP contribution in [0.4, 0.5) is 0 Å². The van der Waals surface area contributed by atoms with Crippen molar-refractivity contribution < 1.29 is 0 Å². The van der Waals surface area contributed by atoms with Crippen LogP contribution in [0.2, 0.25) is 0 Å². The molecule has 2 atom stereocenters. The average Bonchev–Trinajstić information content (AvgIpc) is 2.20. The lowest BCUT2D eigenvalue weighted by molar-refractivity contribution is 0.262. The van der Waals surface area contributed by atoms with Gasteiger partial charge >= 0.3 is 0 Å². The van der Waals surface area contributed by atoms with Gasteiger partial charge in [0.1, 0.15) is 0 Å². The first-order chi connectivity index (χ1) is 6.31. The summed E-state index contributed by atoms with van der Waals surface area (Å²) in [6.07, 6.45) is 11.3. The van der Waals surface area contributed by atoms with Gasteiger partial charge in [-0.15, -0.1) is 0 Å². The van der Waals surface area contributed by atoms with E-state index in [1.165, 1.54) is 25.8 Å². The van der Waals surface area contributed by atoms with Crippen LogP contribution >= 0.6 is 0 Å². The van der Waals surface area contributed by atoms with Crippen LogP contribution in [0.1, 0.15) is 32.6 Å². The second-order valence-corrected chi connectivity index (χ2v) is 4.38. The van der Waals surface area contributed by atoms with E-state index in [1.807, 2.05) is 6.20 Å². The van der Waals surface area contributed by atoms with Crippen LogP contribution in [0.3, 0.4) is 0 Å². The summed E-state index contributed by atoms with van der Waals surface area (Å²) in [5, 5.41) is 3.60. The van der Waals surface area contributed by atoms with Crippen LogP contribution in [0.25, 0.3) is 0 Å². The van der Waals surface area contributed by atoms with Crippen molar-refractivity contribution in [2.45, 2.75) is 38.6 Å². The molecular formula is C11H18N2. The molecule has 2 aliphatic rings. The molecule has 0 aliphatic carbocycles. The lowest BCUT2D eigenvalue weighted by Crippen LogP contribution is -2.47. The van der Waals surface area contributed by atoms with E-state index in [9.17, 15) is 0 Å². The van der Waals surface area contributed by atoms with Gasteiger partial charge < -0.3 is 5.32 Å². The van der Waals surface area contributed by atoms with Crippen molar-refractivity contribution in [1.29, 1.82) is 0 Å². The molecule has 0 spiro atoms. The molecule has 0 aromatic carbocycles. The SMILES string of the molecule is CC1([C@@H]2CCCCN2)C=NC=CC1. The highest BCUT2D eigenvalue weighted by molar-refractivity contribution is 5.68. The van der Waals surface area contributed by atoms with Crippen LogP contribution in [-0.2, 0) is 0 Å². The summed E-state index contributed by atoms with van der Waals surface area (Å²) in [6.45, 7) is 3.49. The topological polar surface area (TPSA) is 24.4 Å². The predicted molar refractivity (Wildman–Crippen MR) is 56.0 cm³/mol. The van der Waals surface area contributed by atoms with E-state index < -0.39 is 0 Å². The number of piperidine rings is 1. The first kappa shape index (κ1) is 8.95. The molecule has 72 valence electrons. The zero-order valence-electron chi connectivity index (χ0n) is 8.29. The van der Waals surface area contributed by atoms with E-state index in [-0.39, 0.29) is 5.41 Å². The number of hydrogen-bond acceptors (Lipinski definition) is 2. The van der Waals surface area contributed by atoms with Crippen molar-refractivity contribution in [3.8, 4) is 0 Å². The van der Waals surface area contributed by atoms with Crippen molar-refractivity contribution in [2.24, 2.45) is 10.4 Å². The normalized spacial score (nSPS) is 39.3. The van der Waals surface area contributed by atoms with Gasteiger partial charge in [-0.1, -0.05) is 19.4 Å². The molecule has 2 rings (SSSR count). The van der Waals surface area contributed by atoms with Gasteiger partial charge in [0.05, 0.1) is 0 Å². The Labute approximate surface area is 80.1 Å². The van der Waals surface area contributed by atoms with Crippen molar-refractivity contribution in [3.63, 3.8) is 0 Å². The Balaban J connectivity index is 2.04. The van der Waals surface area contributed by atoms with Crippen molar-refractivity contribution in [1.82, 2.24) is 5.32 Å². The lowest BCUT2D eigenvalue weighted by atomic mass is 9.76. The van der Waals surface area contributed by atoms with Gasteiger partial charge in [0.2, 0.25) is 0 Å². The largest absolute Gasteiger partial charge is 0.313 e. The van der Waals surface area contributed by atoms with Crippen molar-refractivity contribution in [2.75, 3.05) is 6.54 Å². The summed E-state index contributed by atoms with van der Waals surface area (Å²) in [5.74, 6) is 0. The van der Waals surface area contributed by atoms with E-state index in [2.05, 4.69) is 29.5 Å².